The summed E-state index contributed by atoms with van der Waals surface area (Å²) in [6.07, 6.45) is 1.04. The van der Waals surface area contributed by atoms with Gasteiger partial charge in [0.2, 0.25) is 5.91 Å². The van der Waals surface area contributed by atoms with Crippen molar-refractivity contribution in [2.75, 3.05) is 13.7 Å². The molecule has 124 valence electrons. The predicted molar refractivity (Wildman–Crippen MR) is 89.2 cm³/mol. The van der Waals surface area contributed by atoms with Crippen LogP contribution in [0.15, 0.2) is 42.5 Å². The average Bonchev–Trinajstić information content (AvgIpc) is 2.61. The smallest absolute Gasteiger partial charge is 0.335 e. The van der Waals surface area contributed by atoms with Crippen LogP contribution in [0.2, 0.25) is 0 Å². The van der Waals surface area contributed by atoms with Gasteiger partial charge in [-0.25, -0.2) is 4.79 Å². The molecule has 1 heterocycles. The maximum atomic E-state index is 12.5. The van der Waals surface area contributed by atoms with Gasteiger partial charge in [-0.3, -0.25) is 4.79 Å². The number of benzene rings is 2. The highest BCUT2D eigenvalue weighted by molar-refractivity contribution is 5.88. The summed E-state index contributed by atoms with van der Waals surface area (Å²) in [5.41, 5.74) is 3.29. The van der Waals surface area contributed by atoms with Gasteiger partial charge in [-0.1, -0.05) is 18.2 Å². The molecule has 2 aromatic rings. The first-order valence-corrected chi connectivity index (χ1v) is 7.82. The standard InChI is InChI=1S/C19H19NO4/c1-24-17-6-2-13(3-7-17)10-18(21)20-9-8-14-11-15(19(22)23)4-5-16(14)12-20/h2-7,11H,8-10,12H2,1H3,(H,22,23). The van der Waals surface area contributed by atoms with Gasteiger partial charge in [0.05, 0.1) is 19.1 Å². The normalized spacial score (nSPS) is 13.3. The topological polar surface area (TPSA) is 66.8 Å². The van der Waals surface area contributed by atoms with E-state index in [0.29, 0.717) is 31.5 Å². The van der Waals surface area contributed by atoms with Crippen LogP contribution in [0.25, 0.3) is 0 Å². The van der Waals surface area contributed by atoms with E-state index >= 15 is 0 Å². The van der Waals surface area contributed by atoms with Crippen molar-refractivity contribution in [3.63, 3.8) is 0 Å². The van der Waals surface area contributed by atoms with E-state index in [2.05, 4.69) is 0 Å². The van der Waals surface area contributed by atoms with Gasteiger partial charge in [0.1, 0.15) is 5.75 Å². The molecule has 5 heteroatoms. The quantitative estimate of drug-likeness (QED) is 0.938. The molecule has 0 aliphatic carbocycles. The molecular formula is C19H19NO4. The molecule has 1 amide bonds. The van der Waals surface area contributed by atoms with E-state index in [9.17, 15) is 9.59 Å². The zero-order valence-electron chi connectivity index (χ0n) is 13.5. The third kappa shape index (κ3) is 3.40. The summed E-state index contributed by atoms with van der Waals surface area (Å²) in [4.78, 5) is 25.4. The Morgan fingerprint density at radius 1 is 1.12 bits per heavy atom. The molecule has 1 aliphatic heterocycles. The maximum Gasteiger partial charge on any atom is 0.335 e. The number of carbonyl (C=O) groups is 2. The Kier molecular flexibility index (Phi) is 4.51. The van der Waals surface area contributed by atoms with Gasteiger partial charge in [-0.2, -0.15) is 0 Å². The fraction of sp³-hybridized carbons (Fsp3) is 0.263. The van der Waals surface area contributed by atoms with Crippen molar-refractivity contribution in [2.45, 2.75) is 19.4 Å². The number of carboxylic acids is 1. The van der Waals surface area contributed by atoms with Crippen molar-refractivity contribution in [1.29, 1.82) is 0 Å². The second-order valence-electron chi connectivity index (χ2n) is 5.88. The molecule has 5 nitrogen and oxygen atoms in total. The minimum atomic E-state index is -0.921. The number of nitrogens with zero attached hydrogens (tertiary/aromatic N) is 1. The van der Waals surface area contributed by atoms with Crippen molar-refractivity contribution in [3.05, 3.63) is 64.7 Å². The van der Waals surface area contributed by atoms with Crippen LogP contribution in [0, 0.1) is 0 Å². The largest absolute Gasteiger partial charge is 0.497 e. The van der Waals surface area contributed by atoms with Crippen LogP contribution in [-0.2, 0) is 24.2 Å². The molecular weight excluding hydrogens is 306 g/mol. The fourth-order valence-electron chi connectivity index (χ4n) is 2.93. The third-order valence-corrected chi connectivity index (χ3v) is 4.33. The summed E-state index contributed by atoms with van der Waals surface area (Å²) in [6.45, 7) is 1.15. The zero-order valence-corrected chi connectivity index (χ0v) is 13.5. The van der Waals surface area contributed by atoms with E-state index in [4.69, 9.17) is 9.84 Å². The molecule has 1 aliphatic rings. The summed E-state index contributed by atoms with van der Waals surface area (Å²) >= 11 is 0. The Morgan fingerprint density at radius 3 is 2.54 bits per heavy atom. The molecule has 2 aromatic carbocycles. The second-order valence-corrected chi connectivity index (χ2v) is 5.88. The lowest BCUT2D eigenvalue weighted by atomic mass is 9.97. The third-order valence-electron chi connectivity index (χ3n) is 4.33. The van der Waals surface area contributed by atoms with E-state index in [0.717, 1.165) is 22.4 Å². The molecule has 0 fully saturated rings. The molecule has 0 saturated carbocycles. The first-order chi connectivity index (χ1) is 11.6. The summed E-state index contributed by atoms with van der Waals surface area (Å²) in [7, 11) is 1.61. The van der Waals surface area contributed by atoms with Gasteiger partial charge in [-0.15, -0.1) is 0 Å². The number of carboxylic acid groups (broad SMARTS) is 1. The Morgan fingerprint density at radius 2 is 1.88 bits per heavy atom. The number of amides is 1. The van der Waals surface area contributed by atoms with E-state index in [1.165, 1.54) is 0 Å². The van der Waals surface area contributed by atoms with Gasteiger partial charge in [-0.05, 0) is 47.4 Å². The Balaban J connectivity index is 1.68. The number of rotatable bonds is 4. The monoisotopic (exact) mass is 325 g/mol. The van der Waals surface area contributed by atoms with E-state index in [1.807, 2.05) is 35.2 Å². The number of hydrogen-bond donors (Lipinski definition) is 1. The van der Waals surface area contributed by atoms with E-state index in [1.54, 1.807) is 19.2 Å². The van der Waals surface area contributed by atoms with Gasteiger partial charge in [0, 0.05) is 13.1 Å². The summed E-state index contributed by atoms with van der Waals surface area (Å²) < 4.78 is 5.12. The first kappa shape index (κ1) is 16.1. The molecule has 1 N–H and O–H groups in total. The number of aromatic carboxylic acids is 1. The van der Waals surface area contributed by atoms with Crippen LogP contribution in [0.5, 0.6) is 5.75 Å². The number of ether oxygens (including phenoxy) is 1. The second kappa shape index (κ2) is 6.74. The van der Waals surface area contributed by atoms with Crippen LogP contribution in [-0.4, -0.2) is 35.5 Å². The van der Waals surface area contributed by atoms with Crippen molar-refractivity contribution < 1.29 is 19.4 Å². The minimum absolute atomic E-state index is 0.0770. The van der Waals surface area contributed by atoms with Gasteiger partial charge >= 0.3 is 5.97 Å². The molecule has 3 rings (SSSR count). The minimum Gasteiger partial charge on any atom is -0.497 e. The molecule has 0 radical (unpaired) electrons. The first-order valence-electron chi connectivity index (χ1n) is 7.82. The van der Waals surface area contributed by atoms with Crippen LogP contribution in [0.1, 0.15) is 27.0 Å². The number of fused-ring (bicyclic) bond motifs is 1. The number of hydrogen-bond acceptors (Lipinski definition) is 3. The Labute approximate surface area is 140 Å². The maximum absolute atomic E-state index is 12.5. The predicted octanol–water partition coefficient (Wildman–Crippen LogP) is 2.52. The highest BCUT2D eigenvalue weighted by Gasteiger charge is 2.21. The molecule has 0 saturated heterocycles. The van der Waals surface area contributed by atoms with E-state index in [-0.39, 0.29) is 5.91 Å². The van der Waals surface area contributed by atoms with Crippen LogP contribution in [0.4, 0.5) is 0 Å². The summed E-state index contributed by atoms with van der Waals surface area (Å²) in [5, 5.41) is 9.05. The Hall–Kier alpha value is -2.82. The van der Waals surface area contributed by atoms with Crippen LogP contribution < -0.4 is 4.74 Å². The number of carbonyl (C=O) groups excluding carboxylic acids is 1. The zero-order chi connectivity index (χ0) is 17.1. The lowest BCUT2D eigenvalue weighted by Gasteiger charge is -2.29. The summed E-state index contributed by atoms with van der Waals surface area (Å²) in [5.74, 6) is -0.0729. The number of methoxy groups -OCH3 is 1. The lowest BCUT2D eigenvalue weighted by molar-refractivity contribution is -0.131. The molecule has 0 unspecified atom stereocenters. The average molecular weight is 325 g/mol. The van der Waals surface area contributed by atoms with Crippen LogP contribution in [0.3, 0.4) is 0 Å². The highest BCUT2D eigenvalue weighted by atomic mass is 16.5. The van der Waals surface area contributed by atoms with Gasteiger partial charge in [0.15, 0.2) is 0 Å². The van der Waals surface area contributed by atoms with Gasteiger partial charge in [0.25, 0.3) is 0 Å². The van der Waals surface area contributed by atoms with Crippen molar-refractivity contribution in [1.82, 2.24) is 4.90 Å². The fourth-order valence-corrected chi connectivity index (χ4v) is 2.93. The van der Waals surface area contributed by atoms with Crippen molar-refractivity contribution in [2.24, 2.45) is 0 Å². The van der Waals surface area contributed by atoms with Crippen LogP contribution >= 0.6 is 0 Å². The molecule has 0 aromatic heterocycles. The molecule has 0 bridgehead atoms. The van der Waals surface area contributed by atoms with Crippen molar-refractivity contribution >= 4 is 11.9 Å². The lowest BCUT2D eigenvalue weighted by Crippen LogP contribution is -2.37. The Bertz CT molecular complexity index is 767. The molecule has 0 atom stereocenters. The summed E-state index contributed by atoms with van der Waals surface area (Å²) in [6, 6.07) is 12.6. The molecule has 24 heavy (non-hydrogen) atoms. The SMILES string of the molecule is COc1ccc(CC(=O)N2CCc3cc(C(=O)O)ccc3C2)cc1. The van der Waals surface area contributed by atoms with Gasteiger partial charge < -0.3 is 14.7 Å². The highest BCUT2D eigenvalue weighted by Crippen LogP contribution is 2.21. The molecule has 0 spiro atoms. The van der Waals surface area contributed by atoms with Crippen molar-refractivity contribution in [3.8, 4) is 5.75 Å². The van der Waals surface area contributed by atoms with E-state index < -0.39 is 5.97 Å².